The van der Waals surface area contributed by atoms with Crippen molar-refractivity contribution in [1.82, 2.24) is 4.90 Å². The monoisotopic (exact) mass is 492 g/mol. The summed E-state index contributed by atoms with van der Waals surface area (Å²) in [4.78, 5) is 26.7. The average Bonchev–Trinajstić information content (AvgIpc) is 2.70. The Morgan fingerprint density at radius 3 is 2.73 bits per heavy atom. The standard InChI is InChI=1S/C23H26BrClN2O3/c1-16-11-18(7-8-20(16)25)30-15-23(13-21(26)28)9-4-10-27(14-23)22(29)12-17-5-2-3-6-19(17)24/h2-3,5-8,11H,4,9-10,12-15H2,1H3,(H2,26,28)/t23-/m0/s1. The van der Waals surface area contributed by atoms with Crippen molar-refractivity contribution in [2.45, 2.75) is 32.6 Å². The quantitative estimate of drug-likeness (QED) is 0.616. The summed E-state index contributed by atoms with van der Waals surface area (Å²) in [6, 6.07) is 13.2. The molecule has 30 heavy (non-hydrogen) atoms. The molecule has 0 aromatic heterocycles. The number of nitrogens with two attached hydrogens (primary N) is 1. The highest BCUT2D eigenvalue weighted by Crippen LogP contribution is 2.35. The van der Waals surface area contributed by atoms with Gasteiger partial charge in [-0.15, -0.1) is 0 Å². The number of rotatable bonds is 7. The first-order chi connectivity index (χ1) is 14.3. The maximum atomic E-state index is 13.0. The van der Waals surface area contributed by atoms with Gasteiger partial charge in [0.15, 0.2) is 0 Å². The molecule has 2 aromatic carbocycles. The van der Waals surface area contributed by atoms with Crippen LogP contribution < -0.4 is 10.5 Å². The third-order valence-electron chi connectivity index (χ3n) is 5.54. The van der Waals surface area contributed by atoms with Crippen molar-refractivity contribution in [2.24, 2.45) is 11.1 Å². The molecular formula is C23H26BrClN2O3. The Bertz CT molecular complexity index is 936. The van der Waals surface area contributed by atoms with Crippen LogP contribution in [0.15, 0.2) is 46.9 Å². The van der Waals surface area contributed by atoms with Gasteiger partial charge >= 0.3 is 0 Å². The minimum atomic E-state index is -0.499. The van der Waals surface area contributed by atoms with E-state index in [-0.39, 0.29) is 18.2 Å². The summed E-state index contributed by atoms with van der Waals surface area (Å²) in [6.45, 7) is 3.35. The number of carbonyl (C=O) groups is 2. The normalized spacial score (nSPS) is 18.8. The number of likely N-dealkylation sites (tertiary alicyclic amines) is 1. The van der Waals surface area contributed by atoms with Gasteiger partial charge in [0.1, 0.15) is 5.75 Å². The van der Waals surface area contributed by atoms with Crippen molar-refractivity contribution >= 4 is 39.3 Å². The van der Waals surface area contributed by atoms with Crippen LogP contribution in [0, 0.1) is 12.3 Å². The fourth-order valence-electron chi connectivity index (χ4n) is 3.96. The van der Waals surface area contributed by atoms with Crippen molar-refractivity contribution < 1.29 is 14.3 Å². The van der Waals surface area contributed by atoms with Gasteiger partial charge in [0.25, 0.3) is 0 Å². The molecule has 0 unspecified atom stereocenters. The zero-order valence-corrected chi connectivity index (χ0v) is 19.3. The van der Waals surface area contributed by atoms with E-state index in [9.17, 15) is 9.59 Å². The van der Waals surface area contributed by atoms with Gasteiger partial charge < -0.3 is 15.4 Å². The smallest absolute Gasteiger partial charge is 0.227 e. The lowest BCUT2D eigenvalue weighted by Gasteiger charge is -2.42. The van der Waals surface area contributed by atoms with Crippen LogP contribution in [-0.2, 0) is 16.0 Å². The zero-order chi connectivity index (χ0) is 21.7. The molecule has 7 heteroatoms. The van der Waals surface area contributed by atoms with Gasteiger partial charge in [0.05, 0.1) is 13.0 Å². The number of halogens is 2. The minimum absolute atomic E-state index is 0.0396. The second kappa shape index (κ2) is 9.84. The summed E-state index contributed by atoms with van der Waals surface area (Å²) in [6.07, 6.45) is 2.07. The SMILES string of the molecule is Cc1cc(OC[C@]2(CC(N)=O)CCCN(C(=O)Cc3ccccc3Br)C2)ccc1Cl. The molecular weight excluding hydrogens is 468 g/mol. The van der Waals surface area contributed by atoms with E-state index in [1.165, 1.54) is 0 Å². The Hall–Kier alpha value is -2.05. The third-order valence-corrected chi connectivity index (χ3v) is 6.73. The van der Waals surface area contributed by atoms with Crippen molar-refractivity contribution in [2.75, 3.05) is 19.7 Å². The summed E-state index contributed by atoms with van der Waals surface area (Å²) in [5.41, 5.74) is 6.93. The maximum Gasteiger partial charge on any atom is 0.227 e. The largest absolute Gasteiger partial charge is 0.493 e. The molecule has 0 spiro atoms. The molecule has 1 aliphatic heterocycles. The predicted molar refractivity (Wildman–Crippen MR) is 122 cm³/mol. The number of benzene rings is 2. The Balaban J connectivity index is 1.72. The zero-order valence-electron chi connectivity index (χ0n) is 17.0. The average molecular weight is 494 g/mol. The van der Waals surface area contributed by atoms with E-state index in [0.717, 1.165) is 28.4 Å². The van der Waals surface area contributed by atoms with Crippen LogP contribution in [0.1, 0.15) is 30.4 Å². The second-order valence-electron chi connectivity index (χ2n) is 8.03. The Morgan fingerprint density at radius 1 is 1.27 bits per heavy atom. The lowest BCUT2D eigenvalue weighted by atomic mass is 9.77. The number of carbonyl (C=O) groups excluding carboxylic acids is 2. The molecule has 0 bridgehead atoms. The molecule has 0 saturated carbocycles. The number of piperidine rings is 1. The highest BCUT2D eigenvalue weighted by Gasteiger charge is 2.39. The molecule has 1 fully saturated rings. The van der Waals surface area contributed by atoms with Crippen molar-refractivity contribution in [3.8, 4) is 5.75 Å². The van der Waals surface area contributed by atoms with Crippen molar-refractivity contribution in [3.05, 3.63) is 63.1 Å². The van der Waals surface area contributed by atoms with Gasteiger partial charge in [-0.3, -0.25) is 9.59 Å². The number of aryl methyl sites for hydroxylation is 1. The highest BCUT2D eigenvalue weighted by atomic mass is 79.9. The van der Waals surface area contributed by atoms with E-state index in [1.807, 2.05) is 48.2 Å². The second-order valence-corrected chi connectivity index (χ2v) is 9.29. The van der Waals surface area contributed by atoms with Gasteiger partial charge in [-0.25, -0.2) is 0 Å². The third kappa shape index (κ3) is 5.76. The van der Waals surface area contributed by atoms with Crippen LogP contribution in [0.4, 0.5) is 0 Å². The summed E-state index contributed by atoms with van der Waals surface area (Å²) in [5, 5.41) is 0.677. The maximum absolute atomic E-state index is 13.0. The van der Waals surface area contributed by atoms with Gasteiger partial charge in [-0.2, -0.15) is 0 Å². The first-order valence-corrected chi connectivity index (χ1v) is 11.1. The van der Waals surface area contributed by atoms with Crippen LogP contribution in [-0.4, -0.2) is 36.4 Å². The Labute approximate surface area is 190 Å². The fraction of sp³-hybridized carbons (Fsp3) is 0.391. The number of hydrogen-bond acceptors (Lipinski definition) is 3. The van der Waals surface area contributed by atoms with Crippen molar-refractivity contribution in [1.29, 1.82) is 0 Å². The molecule has 160 valence electrons. The van der Waals surface area contributed by atoms with Gasteiger partial charge in [-0.1, -0.05) is 45.7 Å². The number of ether oxygens (including phenoxy) is 1. The number of primary amides is 1. The van der Waals surface area contributed by atoms with Gasteiger partial charge in [-0.05, 0) is 55.2 Å². The van der Waals surface area contributed by atoms with Crippen LogP contribution >= 0.6 is 27.5 Å². The van der Waals surface area contributed by atoms with Gasteiger partial charge in [0.2, 0.25) is 11.8 Å². The van der Waals surface area contributed by atoms with Crippen molar-refractivity contribution in [3.63, 3.8) is 0 Å². The Kier molecular flexibility index (Phi) is 7.42. The van der Waals surface area contributed by atoms with E-state index in [2.05, 4.69) is 15.9 Å². The van der Waals surface area contributed by atoms with Crippen LogP contribution in [0.3, 0.4) is 0 Å². The van der Waals surface area contributed by atoms with Gasteiger partial charge in [0, 0.05) is 34.4 Å². The molecule has 0 radical (unpaired) electrons. The summed E-state index contributed by atoms with van der Waals surface area (Å²) >= 11 is 9.60. The summed E-state index contributed by atoms with van der Waals surface area (Å²) in [5.74, 6) is 0.348. The topological polar surface area (TPSA) is 72.6 Å². The molecule has 3 rings (SSSR count). The summed E-state index contributed by atoms with van der Waals surface area (Å²) < 4.78 is 6.96. The van der Waals surface area contributed by atoms with Crippen LogP contribution in [0.5, 0.6) is 5.75 Å². The number of hydrogen-bond donors (Lipinski definition) is 1. The minimum Gasteiger partial charge on any atom is -0.493 e. The molecule has 1 heterocycles. The molecule has 2 amide bonds. The lowest BCUT2D eigenvalue weighted by Crippen LogP contribution is -2.50. The molecule has 2 aromatic rings. The molecule has 1 aliphatic rings. The molecule has 1 saturated heterocycles. The molecule has 5 nitrogen and oxygen atoms in total. The fourth-order valence-corrected chi connectivity index (χ4v) is 4.51. The van der Waals surface area contributed by atoms with E-state index >= 15 is 0 Å². The molecule has 0 aliphatic carbocycles. The van der Waals surface area contributed by atoms with E-state index in [4.69, 9.17) is 22.1 Å². The van der Waals surface area contributed by atoms with E-state index in [0.29, 0.717) is 36.9 Å². The van der Waals surface area contributed by atoms with Crippen LogP contribution in [0.2, 0.25) is 5.02 Å². The molecule has 2 N–H and O–H groups in total. The lowest BCUT2D eigenvalue weighted by molar-refractivity contribution is -0.136. The number of nitrogens with zero attached hydrogens (tertiary/aromatic N) is 1. The van der Waals surface area contributed by atoms with E-state index in [1.54, 1.807) is 6.07 Å². The Morgan fingerprint density at radius 2 is 2.03 bits per heavy atom. The molecule has 1 atom stereocenters. The first kappa shape index (κ1) is 22.6. The van der Waals surface area contributed by atoms with Crippen LogP contribution in [0.25, 0.3) is 0 Å². The summed E-state index contributed by atoms with van der Waals surface area (Å²) in [7, 11) is 0. The highest BCUT2D eigenvalue weighted by molar-refractivity contribution is 9.10. The first-order valence-electron chi connectivity index (χ1n) is 9.96. The predicted octanol–water partition coefficient (Wildman–Crippen LogP) is 4.52. The number of amides is 2. The van der Waals surface area contributed by atoms with E-state index < -0.39 is 5.41 Å².